The molecule has 4 rings (SSSR count). The van der Waals surface area contributed by atoms with E-state index >= 15 is 8.78 Å². The lowest BCUT2D eigenvalue weighted by Crippen LogP contribution is -2.58. The van der Waals surface area contributed by atoms with Crippen molar-refractivity contribution in [3.05, 3.63) is 27.7 Å². The maximum absolute atomic E-state index is 15.2. The van der Waals surface area contributed by atoms with Crippen molar-refractivity contribution in [2.75, 3.05) is 43.5 Å². The largest absolute Gasteiger partial charge is 0.371 e. The summed E-state index contributed by atoms with van der Waals surface area (Å²) in [4.78, 5) is 23.0. The minimum absolute atomic E-state index is 0.0694. The number of aromatic nitrogens is 2. The molecule has 2 aliphatic heterocycles. The Hall–Kier alpha value is -2.22. The first-order valence-corrected chi connectivity index (χ1v) is 9.28. The van der Waals surface area contributed by atoms with Gasteiger partial charge in [0.2, 0.25) is 0 Å². The molecule has 146 valence electrons. The number of hydrogen-bond donors (Lipinski definition) is 0. The normalized spacial score (nSPS) is 23.4. The van der Waals surface area contributed by atoms with Gasteiger partial charge in [0.15, 0.2) is 11.6 Å². The van der Waals surface area contributed by atoms with Gasteiger partial charge in [-0.1, -0.05) is 0 Å². The summed E-state index contributed by atoms with van der Waals surface area (Å²) < 4.78 is 31.4. The fourth-order valence-corrected chi connectivity index (χ4v) is 4.66. The van der Waals surface area contributed by atoms with Crippen LogP contribution in [0.4, 0.5) is 20.3 Å². The topological polar surface area (TPSA) is 44.6 Å². The molecule has 2 unspecified atom stereocenters. The van der Waals surface area contributed by atoms with E-state index in [0.29, 0.717) is 23.4 Å². The minimum Gasteiger partial charge on any atom is -0.371 e. The second-order valence-corrected chi connectivity index (χ2v) is 7.94. The summed E-state index contributed by atoms with van der Waals surface area (Å²) in [7, 11) is 5.37. The van der Waals surface area contributed by atoms with Crippen molar-refractivity contribution in [3.63, 3.8) is 0 Å². The van der Waals surface area contributed by atoms with E-state index in [9.17, 15) is 4.79 Å². The lowest BCUT2D eigenvalue weighted by molar-refractivity contribution is 0.226. The fourth-order valence-electron chi connectivity index (χ4n) is 4.66. The van der Waals surface area contributed by atoms with E-state index in [4.69, 9.17) is 0 Å². The highest BCUT2D eigenvalue weighted by Gasteiger charge is 2.37. The SMILES string of the molecule is Cc1c(F)c2c3c(nc(=O)n(C)c3c1F)N1C(C)CN(C)CC1CCN2C. The molecule has 2 aromatic rings. The summed E-state index contributed by atoms with van der Waals surface area (Å²) in [5, 5.41) is 0.390. The Bertz CT molecular complexity index is 989. The zero-order valence-corrected chi connectivity index (χ0v) is 16.4. The van der Waals surface area contributed by atoms with Gasteiger partial charge in [0, 0.05) is 51.4 Å². The van der Waals surface area contributed by atoms with Gasteiger partial charge < -0.3 is 14.7 Å². The third-order valence-corrected chi connectivity index (χ3v) is 5.99. The molecular formula is C19H25F2N5O. The van der Waals surface area contributed by atoms with Gasteiger partial charge in [-0.3, -0.25) is 4.57 Å². The lowest BCUT2D eigenvalue weighted by atomic mass is 9.98. The first-order valence-electron chi connectivity index (χ1n) is 9.28. The van der Waals surface area contributed by atoms with E-state index in [-0.39, 0.29) is 23.2 Å². The molecular weight excluding hydrogens is 352 g/mol. The van der Waals surface area contributed by atoms with E-state index in [2.05, 4.69) is 28.8 Å². The summed E-state index contributed by atoms with van der Waals surface area (Å²) in [6.45, 7) is 5.75. The number of hydrogen-bond acceptors (Lipinski definition) is 5. The van der Waals surface area contributed by atoms with Crippen LogP contribution in [0.2, 0.25) is 0 Å². The van der Waals surface area contributed by atoms with Crippen molar-refractivity contribution >= 4 is 22.4 Å². The Labute approximate surface area is 157 Å². The van der Waals surface area contributed by atoms with E-state index in [0.717, 1.165) is 19.5 Å². The number of likely N-dealkylation sites (N-methyl/N-ethyl adjacent to an activating group) is 1. The van der Waals surface area contributed by atoms with Gasteiger partial charge in [-0.05, 0) is 27.3 Å². The molecule has 1 saturated heterocycles. The molecule has 2 aliphatic rings. The average molecular weight is 377 g/mol. The van der Waals surface area contributed by atoms with E-state index in [1.54, 1.807) is 0 Å². The van der Waals surface area contributed by atoms with Crippen LogP contribution in [0.25, 0.3) is 10.9 Å². The number of aryl methyl sites for hydroxylation is 1. The van der Waals surface area contributed by atoms with Gasteiger partial charge >= 0.3 is 5.69 Å². The third-order valence-electron chi connectivity index (χ3n) is 5.99. The zero-order valence-electron chi connectivity index (χ0n) is 16.4. The van der Waals surface area contributed by atoms with E-state index in [1.165, 1.54) is 18.5 Å². The molecule has 2 atom stereocenters. The predicted octanol–water partition coefficient (Wildman–Crippen LogP) is 1.87. The standard InChI is InChI=1S/C19H25F2N5O/c1-10-8-23(3)9-12-6-7-24(4)16-13-17(15(21)11(2)14(16)20)25(5)19(27)22-18(13)26(10)12/h10,12H,6-9H2,1-5H3. The van der Waals surface area contributed by atoms with Gasteiger partial charge in [-0.15, -0.1) is 0 Å². The minimum atomic E-state index is -0.693. The maximum atomic E-state index is 15.2. The second kappa shape index (κ2) is 6.15. The van der Waals surface area contributed by atoms with Crippen LogP contribution >= 0.6 is 0 Å². The number of halogens is 2. The monoisotopic (exact) mass is 377 g/mol. The Morgan fingerprint density at radius 3 is 2.52 bits per heavy atom. The third kappa shape index (κ3) is 2.53. The summed E-state index contributed by atoms with van der Waals surface area (Å²) in [5.41, 5.74) is -0.148. The van der Waals surface area contributed by atoms with Crippen LogP contribution in [0.5, 0.6) is 0 Å². The molecule has 1 aromatic heterocycles. The molecule has 0 bridgehead atoms. The molecule has 27 heavy (non-hydrogen) atoms. The molecule has 0 radical (unpaired) electrons. The van der Waals surface area contributed by atoms with Crippen LogP contribution in [0, 0.1) is 18.6 Å². The molecule has 8 heteroatoms. The molecule has 0 amide bonds. The van der Waals surface area contributed by atoms with Gasteiger partial charge in [0.05, 0.1) is 16.6 Å². The van der Waals surface area contributed by atoms with Crippen molar-refractivity contribution in [1.82, 2.24) is 14.5 Å². The van der Waals surface area contributed by atoms with E-state index < -0.39 is 17.3 Å². The Morgan fingerprint density at radius 2 is 1.81 bits per heavy atom. The second-order valence-electron chi connectivity index (χ2n) is 7.94. The maximum Gasteiger partial charge on any atom is 0.349 e. The molecule has 0 spiro atoms. The molecule has 1 aromatic carbocycles. The molecule has 0 saturated carbocycles. The average Bonchev–Trinajstić information content (AvgIpc) is 2.59. The molecule has 1 fully saturated rings. The molecule has 0 aliphatic carbocycles. The summed E-state index contributed by atoms with van der Waals surface area (Å²) in [6, 6.07) is 0.213. The summed E-state index contributed by atoms with van der Waals surface area (Å²) >= 11 is 0. The summed E-state index contributed by atoms with van der Waals surface area (Å²) in [6.07, 6.45) is 0.804. The van der Waals surface area contributed by atoms with Gasteiger partial charge in [0.1, 0.15) is 5.82 Å². The van der Waals surface area contributed by atoms with Crippen LogP contribution in [-0.4, -0.2) is 60.3 Å². The van der Waals surface area contributed by atoms with Crippen LogP contribution in [0.1, 0.15) is 18.9 Å². The van der Waals surface area contributed by atoms with Gasteiger partial charge in [0.25, 0.3) is 0 Å². The van der Waals surface area contributed by atoms with Gasteiger partial charge in [-0.25, -0.2) is 13.6 Å². The number of rotatable bonds is 0. The smallest absolute Gasteiger partial charge is 0.349 e. The van der Waals surface area contributed by atoms with Crippen molar-refractivity contribution in [2.24, 2.45) is 7.05 Å². The van der Waals surface area contributed by atoms with Crippen molar-refractivity contribution < 1.29 is 8.78 Å². The zero-order chi connectivity index (χ0) is 19.6. The van der Waals surface area contributed by atoms with Crippen LogP contribution in [0.15, 0.2) is 4.79 Å². The molecule has 3 heterocycles. The Balaban J connectivity index is 2.16. The Kier molecular flexibility index (Phi) is 4.14. The fraction of sp³-hybridized carbons (Fsp3) is 0.579. The number of anilines is 2. The van der Waals surface area contributed by atoms with Gasteiger partial charge in [-0.2, -0.15) is 4.98 Å². The van der Waals surface area contributed by atoms with Crippen LogP contribution in [0.3, 0.4) is 0 Å². The summed E-state index contributed by atoms with van der Waals surface area (Å²) in [5.74, 6) is -0.871. The number of nitrogens with zero attached hydrogens (tertiary/aromatic N) is 5. The quantitative estimate of drug-likeness (QED) is 0.701. The highest BCUT2D eigenvalue weighted by atomic mass is 19.1. The number of benzene rings is 1. The molecule has 6 nitrogen and oxygen atoms in total. The van der Waals surface area contributed by atoms with Crippen molar-refractivity contribution in [2.45, 2.75) is 32.4 Å². The molecule has 0 N–H and O–H groups in total. The van der Waals surface area contributed by atoms with Crippen LogP contribution in [-0.2, 0) is 7.05 Å². The first-order chi connectivity index (χ1) is 12.7. The Morgan fingerprint density at radius 1 is 1.11 bits per heavy atom. The van der Waals surface area contributed by atoms with Crippen molar-refractivity contribution in [3.8, 4) is 0 Å². The number of fused-ring (bicyclic) bond motifs is 2. The highest BCUT2D eigenvalue weighted by molar-refractivity contribution is 6.02. The predicted molar refractivity (Wildman–Crippen MR) is 103 cm³/mol. The lowest BCUT2D eigenvalue weighted by Gasteiger charge is -2.47. The van der Waals surface area contributed by atoms with Crippen LogP contribution < -0.4 is 15.5 Å². The first kappa shape index (κ1) is 18.2. The van der Waals surface area contributed by atoms with E-state index in [1.807, 2.05) is 11.9 Å². The highest BCUT2D eigenvalue weighted by Crippen LogP contribution is 2.41. The number of piperazine rings is 1. The van der Waals surface area contributed by atoms with Crippen molar-refractivity contribution in [1.29, 1.82) is 0 Å².